The highest BCUT2D eigenvalue weighted by Gasteiger charge is 2.14. The molecule has 0 fully saturated rings. The van der Waals surface area contributed by atoms with Gasteiger partial charge >= 0.3 is 0 Å². The molecule has 2 aliphatic rings. The van der Waals surface area contributed by atoms with Gasteiger partial charge in [0.2, 0.25) is 0 Å². The topological polar surface area (TPSA) is 36.1 Å². The molecule has 2 aromatic carbocycles. The summed E-state index contributed by atoms with van der Waals surface area (Å²) in [4.78, 5) is 5.95. The average molecular weight is 352 g/mol. The van der Waals surface area contributed by atoms with Gasteiger partial charge < -0.3 is 0 Å². The summed E-state index contributed by atoms with van der Waals surface area (Å²) in [7, 11) is 0. The van der Waals surface area contributed by atoms with Crippen LogP contribution in [0.4, 0.5) is 0 Å². The molecule has 2 heterocycles. The van der Waals surface area contributed by atoms with Gasteiger partial charge in [0.1, 0.15) is 0 Å². The number of allylic oxidation sites excluding steroid dienone is 2. The van der Waals surface area contributed by atoms with Gasteiger partial charge in [-0.3, -0.25) is 4.99 Å². The molecule has 0 spiro atoms. The molecule has 0 N–H and O–H groups in total. The van der Waals surface area contributed by atoms with Crippen LogP contribution in [0.15, 0.2) is 65.2 Å². The van der Waals surface area contributed by atoms with Gasteiger partial charge in [0.05, 0.1) is 23.9 Å². The van der Waals surface area contributed by atoms with Crippen LogP contribution < -0.4 is 0 Å². The number of nitrogens with zero attached hydrogens (tertiary/aromatic N) is 2. The number of hydrogen-bond donors (Lipinski definition) is 0. The van der Waals surface area contributed by atoms with Crippen LogP contribution in [0.2, 0.25) is 0 Å². The van der Waals surface area contributed by atoms with Crippen molar-refractivity contribution in [2.75, 3.05) is 6.54 Å². The third-order valence-corrected chi connectivity index (χ3v) is 6.26. The van der Waals surface area contributed by atoms with Crippen molar-refractivity contribution in [3.63, 3.8) is 0 Å². The number of thiophene rings is 1. The first-order valence-corrected chi connectivity index (χ1v) is 9.61. The predicted octanol–water partition coefficient (Wildman–Crippen LogP) is 5.78. The van der Waals surface area contributed by atoms with Crippen molar-refractivity contribution in [2.45, 2.75) is 12.8 Å². The molecule has 3 heteroatoms. The van der Waals surface area contributed by atoms with E-state index in [-0.39, 0.29) is 0 Å². The summed E-state index contributed by atoms with van der Waals surface area (Å²) in [5.41, 5.74) is 6.55. The molecule has 3 aromatic rings. The van der Waals surface area contributed by atoms with E-state index in [1.54, 1.807) is 0 Å². The molecule has 0 saturated heterocycles. The maximum Gasteiger partial charge on any atom is 0.0967 e. The Labute approximate surface area is 156 Å². The Kier molecular flexibility index (Phi) is 3.58. The fourth-order valence-corrected chi connectivity index (χ4v) is 4.82. The number of aliphatic imine (C=N–C) groups is 1. The van der Waals surface area contributed by atoms with Crippen molar-refractivity contribution >= 4 is 33.2 Å². The molecule has 0 bridgehead atoms. The van der Waals surface area contributed by atoms with Gasteiger partial charge in [0, 0.05) is 15.0 Å². The van der Waals surface area contributed by atoms with Gasteiger partial charge in [-0.15, -0.1) is 11.3 Å². The quantitative estimate of drug-likeness (QED) is 0.576. The minimum atomic E-state index is 0.501. The summed E-state index contributed by atoms with van der Waals surface area (Å²) in [5, 5.41) is 10.3. The highest BCUT2D eigenvalue weighted by molar-refractivity contribution is 7.19. The fraction of sp³-hybridized carbons (Fsp3) is 0.130. The van der Waals surface area contributed by atoms with Gasteiger partial charge in [-0.1, -0.05) is 42.5 Å². The van der Waals surface area contributed by atoms with Crippen molar-refractivity contribution in [1.29, 1.82) is 5.26 Å². The molecule has 5 rings (SSSR count). The second kappa shape index (κ2) is 6.09. The summed E-state index contributed by atoms with van der Waals surface area (Å²) in [6.07, 6.45) is 8.75. The van der Waals surface area contributed by atoms with Crippen LogP contribution in [-0.4, -0.2) is 12.3 Å². The standard InChI is InChI=1S/C23H16N2S/c24-13-15-11-21(25-14-15)17-7-5-16(6-8-17)18-9-10-23-20(12-18)19-3-1-2-4-22(19)26-23/h1,3,5-12H,2,4,14H2. The van der Waals surface area contributed by atoms with Crippen LogP contribution in [-0.2, 0) is 6.42 Å². The number of benzene rings is 2. The largest absolute Gasteiger partial charge is 0.279 e. The number of nitriles is 1. The smallest absolute Gasteiger partial charge is 0.0967 e. The van der Waals surface area contributed by atoms with E-state index < -0.39 is 0 Å². The van der Waals surface area contributed by atoms with Crippen molar-refractivity contribution in [1.82, 2.24) is 0 Å². The Morgan fingerprint density at radius 2 is 1.81 bits per heavy atom. The zero-order valence-corrected chi connectivity index (χ0v) is 15.0. The number of rotatable bonds is 2. The first-order chi connectivity index (χ1) is 12.8. The Bertz CT molecular complexity index is 1150. The van der Waals surface area contributed by atoms with Crippen molar-refractivity contribution < 1.29 is 0 Å². The van der Waals surface area contributed by atoms with Gasteiger partial charge in [-0.2, -0.15) is 5.26 Å². The summed E-state index contributed by atoms with van der Waals surface area (Å²) < 4.78 is 1.37. The lowest BCUT2D eigenvalue weighted by Crippen LogP contribution is -1.93. The Balaban J connectivity index is 1.51. The minimum Gasteiger partial charge on any atom is -0.279 e. The Morgan fingerprint density at radius 1 is 1.00 bits per heavy atom. The van der Waals surface area contributed by atoms with E-state index in [9.17, 15) is 0 Å². The van der Waals surface area contributed by atoms with Crippen LogP contribution in [0.25, 0.3) is 27.3 Å². The zero-order chi connectivity index (χ0) is 17.5. The van der Waals surface area contributed by atoms with Crippen LogP contribution in [0.1, 0.15) is 22.4 Å². The molecule has 1 aromatic heterocycles. The number of fused-ring (bicyclic) bond motifs is 3. The fourth-order valence-electron chi connectivity index (χ4n) is 3.63. The normalized spacial score (nSPS) is 15.5. The lowest BCUT2D eigenvalue weighted by molar-refractivity contribution is 1.02. The van der Waals surface area contributed by atoms with E-state index >= 15 is 0 Å². The van der Waals surface area contributed by atoms with Crippen LogP contribution in [0.5, 0.6) is 0 Å². The molecule has 0 unspecified atom stereocenters. The van der Waals surface area contributed by atoms with Gasteiger partial charge in [0.15, 0.2) is 0 Å². The Morgan fingerprint density at radius 3 is 2.62 bits per heavy atom. The molecule has 0 amide bonds. The van der Waals surface area contributed by atoms with Crippen molar-refractivity contribution in [3.8, 4) is 17.2 Å². The first kappa shape index (κ1) is 15.3. The van der Waals surface area contributed by atoms with E-state index in [0.717, 1.165) is 29.7 Å². The molecule has 26 heavy (non-hydrogen) atoms. The molecule has 1 aliphatic heterocycles. The molecule has 0 saturated carbocycles. The van der Waals surface area contributed by atoms with Crippen molar-refractivity contribution in [2.24, 2.45) is 4.99 Å². The van der Waals surface area contributed by atoms with Crippen molar-refractivity contribution in [3.05, 3.63) is 76.2 Å². The molecular weight excluding hydrogens is 336 g/mol. The van der Waals surface area contributed by atoms with Crippen LogP contribution >= 0.6 is 11.3 Å². The maximum atomic E-state index is 8.98. The monoisotopic (exact) mass is 352 g/mol. The van der Waals surface area contributed by atoms with E-state index in [1.807, 2.05) is 17.4 Å². The molecule has 1 aliphatic carbocycles. The summed E-state index contributed by atoms with van der Waals surface area (Å²) in [6, 6.07) is 17.4. The second-order valence-electron chi connectivity index (χ2n) is 6.65. The molecule has 0 atom stereocenters. The van der Waals surface area contributed by atoms with E-state index in [4.69, 9.17) is 5.26 Å². The number of aryl methyl sites for hydroxylation is 1. The summed E-state index contributed by atoms with van der Waals surface area (Å²) >= 11 is 1.93. The maximum absolute atomic E-state index is 8.98. The van der Waals surface area contributed by atoms with Crippen LogP contribution in [0.3, 0.4) is 0 Å². The molecule has 2 nitrogen and oxygen atoms in total. The van der Waals surface area contributed by atoms with Gasteiger partial charge in [-0.05, 0) is 53.3 Å². The third-order valence-electron chi connectivity index (χ3n) is 5.01. The van der Waals surface area contributed by atoms with Crippen LogP contribution in [0, 0.1) is 11.3 Å². The predicted molar refractivity (Wildman–Crippen MR) is 110 cm³/mol. The van der Waals surface area contributed by atoms with E-state index in [0.29, 0.717) is 6.54 Å². The highest BCUT2D eigenvalue weighted by atomic mass is 32.1. The highest BCUT2D eigenvalue weighted by Crippen LogP contribution is 2.37. The van der Waals surface area contributed by atoms with E-state index in [1.165, 1.54) is 31.7 Å². The minimum absolute atomic E-state index is 0.501. The lowest BCUT2D eigenvalue weighted by Gasteiger charge is -2.06. The average Bonchev–Trinajstić information content (AvgIpc) is 3.32. The number of hydrogen-bond acceptors (Lipinski definition) is 3. The van der Waals surface area contributed by atoms with Gasteiger partial charge in [0.25, 0.3) is 0 Å². The zero-order valence-electron chi connectivity index (χ0n) is 14.2. The molecular formula is C23H16N2S. The van der Waals surface area contributed by atoms with E-state index in [2.05, 4.69) is 65.7 Å². The first-order valence-electron chi connectivity index (χ1n) is 8.80. The second-order valence-corrected chi connectivity index (χ2v) is 7.79. The Hall–Kier alpha value is -2.96. The lowest BCUT2D eigenvalue weighted by atomic mass is 9.98. The summed E-state index contributed by atoms with van der Waals surface area (Å²) in [6.45, 7) is 0.501. The SMILES string of the molecule is N#CC1=CC(c2ccc(-c3ccc4sc5c(c4c3)C=CCC5)cc2)=NC1. The van der Waals surface area contributed by atoms with Gasteiger partial charge in [-0.25, -0.2) is 0 Å². The summed E-state index contributed by atoms with van der Waals surface area (Å²) in [5.74, 6) is 0. The molecule has 124 valence electrons. The third kappa shape index (κ3) is 2.51. The molecule has 0 radical (unpaired) electrons.